The first-order chi connectivity index (χ1) is 20.0. The van der Waals surface area contributed by atoms with Gasteiger partial charge in [-0.05, 0) is 92.8 Å². The maximum absolute atomic E-state index is 14.0. The summed E-state index contributed by atoms with van der Waals surface area (Å²) < 4.78 is 11.2. The van der Waals surface area contributed by atoms with Crippen molar-refractivity contribution in [2.24, 2.45) is 39.4 Å². The Morgan fingerprint density at radius 3 is 2.35 bits per heavy atom. The van der Waals surface area contributed by atoms with E-state index in [1.807, 2.05) is 0 Å². The Morgan fingerprint density at radius 1 is 0.977 bits per heavy atom. The number of esters is 1. The van der Waals surface area contributed by atoms with Gasteiger partial charge in [0.05, 0.1) is 18.6 Å². The molecule has 8 heteroatoms. The van der Waals surface area contributed by atoms with Gasteiger partial charge in [0.15, 0.2) is 0 Å². The lowest BCUT2D eigenvalue weighted by Crippen LogP contribution is -2.55. The first-order valence-corrected chi connectivity index (χ1v) is 16.4. The number of ketones is 1. The number of hydrogen-bond acceptors (Lipinski definition) is 8. The van der Waals surface area contributed by atoms with Crippen LogP contribution in [0.5, 0.6) is 0 Å². The predicted octanol–water partition coefficient (Wildman–Crippen LogP) is 4.62. The molecule has 1 heterocycles. The Hall–Kier alpha value is -1.58. The number of carbonyl (C=O) groups is 2. The van der Waals surface area contributed by atoms with Crippen molar-refractivity contribution >= 4 is 11.8 Å². The number of ether oxygens (including phenoxy) is 2. The topological polar surface area (TPSA) is 134 Å². The fourth-order valence-corrected chi connectivity index (χ4v) is 10.3. The third-order valence-corrected chi connectivity index (χ3v) is 13.4. The first-order valence-electron chi connectivity index (χ1n) is 16.4. The van der Waals surface area contributed by atoms with Gasteiger partial charge in [0, 0.05) is 11.8 Å². The van der Waals surface area contributed by atoms with Gasteiger partial charge in [-0.2, -0.15) is 0 Å². The van der Waals surface area contributed by atoms with E-state index in [0.29, 0.717) is 36.5 Å². The van der Waals surface area contributed by atoms with E-state index < -0.39 is 42.6 Å². The largest absolute Gasteiger partial charge is 0.433 e. The Morgan fingerprint density at radius 2 is 1.67 bits per heavy atom. The highest BCUT2D eigenvalue weighted by molar-refractivity contribution is 5.85. The molecule has 0 spiro atoms. The summed E-state index contributed by atoms with van der Waals surface area (Å²) in [5.74, 6) is -0.324. The van der Waals surface area contributed by atoms with Crippen molar-refractivity contribution in [1.82, 2.24) is 0 Å². The molecule has 5 aliphatic rings. The molecular weight excluding hydrogens is 548 g/mol. The third kappa shape index (κ3) is 5.08. The van der Waals surface area contributed by atoms with E-state index in [1.165, 1.54) is 0 Å². The zero-order valence-electron chi connectivity index (χ0n) is 27.0. The Labute approximate surface area is 256 Å². The lowest BCUT2D eigenvalue weighted by molar-refractivity contribution is -0.265. The zero-order chi connectivity index (χ0) is 31.7. The average Bonchev–Trinajstić information content (AvgIpc) is 3.22. The maximum atomic E-state index is 14.0. The normalized spacial score (nSPS) is 43.7. The van der Waals surface area contributed by atoms with E-state index >= 15 is 0 Å². The smallest absolute Gasteiger partial charge is 0.311 e. The predicted molar refractivity (Wildman–Crippen MR) is 161 cm³/mol. The van der Waals surface area contributed by atoms with Crippen LogP contribution in [0, 0.1) is 39.4 Å². The van der Waals surface area contributed by atoms with Gasteiger partial charge in [-0.3, -0.25) is 9.59 Å². The van der Waals surface area contributed by atoms with Gasteiger partial charge in [-0.1, -0.05) is 57.9 Å². The average molecular weight is 603 g/mol. The summed E-state index contributed by atoms with van der Waals surface area (Å²) >= 11 is 0. The number of aliphatic hydroxyl groups excluding tert-OH is 4. The van der Waals surface area contributed by atoms with Gasteiger partial charge >= 0.3 is 5.97 Å². The van der Waals surface area contributed by atoms with E-state index in [1.54, 1.807) is 18.1 Å². The molecule has 1 aliphatic heterocycles. The molecule has 0 bridgehead atoms. The lowest BCUT2D eigenvalue weighted by atomic mass is 9.43. The second-order valence-corrected chi connectivity index (χ2v) is 15.7. The fraction of sp³-hybridized carbons (Fsp3) is 0.829. The van der Waals surface area contributed by atoms with Crippen LogP contribution in [0.2, 0.25) is 0 Å². The number of allylic oxidation sites excluding steroid dienone is 2. The molecule has 8 nitrogen and oxygen atoms in total. The van der Waals surface area contributed by atoms with Crippen molar-refractivity contribution in [1.29, 1.82) is 0 Å². The molecule has 11 atom stereocenters. The molecule has 242 valence electrons. The van der Waals surface area contributed by atoms with Crippen LogP contribution in [0.3, 0.4) is 0 Å². The molecule has 0 radical (unpaired) electrons. The van der Waals surface area contributed by atoms with Crippen molar-refractivity contribution in [3.05, 3.63) is 23.3 Å². The second-order valence-electron chi connectivity index (χ2n) is 15.7. The number of carbonyl (C=O) groups excluding carboxylic acids is 2. The van der Waals surface area contributed by atoms with E-state index in [2.05, 4.69) is 41.2 Å². The summed E-state index contributed by atoms with van der Waals surface area (Å²) in [6.07, 6.45) is 1.60. The van der Waals surface area contributed by atoms with Crippen LogP contribution >= 0.6 is 0 Å². The van der Waals surface area contributed by atoms with E-state index in [4.69, 9.17) is 9.47 Å². The minimum absolute atomic E-state index is 0.0111. The first kappa shape index (κ1) is 32.8. The molecule has 4 aliphatic carbocycles. The number of hydrogen-bond donors (Lipinski definition) is 4. The Bertz CT molecular complexity index is 1170. The maximum Gasteiger partial charge on any atom is 0.311 e. The van der Waals surface area contributed by atoms with E-state index in [-0.39, 0.29) is 34.2 Å². The van der Waals surface area contributed by atoms with Crippen molar-refractivity contribution < 1.29 is 39.5 Å². The lowest BCUT2D eigenvalue weighted by Gasteiger charge is -2.60. The van der Waals surface area contributed by atoms with Gasteiger partial charge in [0.25, 0.3) is 0 Å². The number of aliphatic hydroxyl groups is 4. The van der Waals surface area contributed by atoms with E-state index in [0.717, 1.165) is 44.9 Å². The minimum Gasteiger partial charge on any atom is -0.433 e. The van der Waals surface area contributed by atoms with Crippen molar-refractivity contribution in [3.63, 3.8) is 0 Å². The van der Waals surface area contributed by atoms with Crippen molar-refractivity contribution in [3.8, 4) is 0 Å². The number of fused-ring (bicyclic) bond motifs is 4. The summed E-state index contributed by atoms with van der Waals surface area (Å²) in [6, 6.07) is 0. The molecule has 0 amide bonds. The molecule has 1 saturated heterocycles. The highest BCUT2D eigenvalue weighted by Crippen LogP contribution is 2.72. The quantitative estimate of drug-likeness (QED) is 0.245. The summed E-state index contributed by atoms with van der Waals surface area (Å²) in [5.41, 5.74) is 3.16. The highest BCUT2D eigenvalue weighted by Gasteiger charge is 2.64. The molecule has 43 heavy (non-hydrogen) atoms. The number of rotatable bonds is 7. The van der Waals surface area contributed by atoms with Gasteiger partial charge < -0.3 is 29.9 Å². The molecule has 4 N–H and O–H groups in total. The Balaban J connectivity index is 1.45. The standard InChI is InChI=1S/C35H54O8/c1-19(2)24(36)10-8-20(30(41)43-31-29(40)28(39)25(37)18-42-31)21-12-16-35(7)23-9-11-26-32(3,4)27(38)14-15-33(26,5)22(23)13-17-34(21,35)6/h20-21,24-26,28-29,31,36-37,39-40H,1,8-18H2,2-7H3/t20-,21-,24+,25-,26+,28+,29-,31+,33-,34-,35+/m1/s1. The van der Waals surface area contributed by atoms with Crippen LogP contribution in [0.4, 0.5) is 0 Å². The molecular formula is C35H54O8. The SMILES string of the molecule is C=C(C)[C@@H](O)CC[C@@H](C(=O)O[C@@H]1OC[C@@H](O)[C@H](O)[C@H]1O)[C@H]1CC[C@@]2(C)C3=C(CC[C@]12C)[C@@]1(C)CCC(=O)C(C)(C)[C@@H]1CC3. The van der Waals surface area contributed by atoms with Gasteiger partial charge in [0.1, 0.15) is 24.1 Å². The Kier molecular flexibility index (Phi) is 8.65. The third-order valence-electron chi connectivity index (χ3n) is 13.4. The molecule has 0 unspecified atom stereocenters. The monoisotopic (exact) mass is 602 g/mol. The molecule has 0 aromatic rings. The zero-order valence-corrected chi connectivity index (χ0v) is 27.0. The molecule has 5 rings (SSSR count). The van der Waals surface area contributed by atoms with Crippen LogP contribution in [0.15, 0.2) is 23.3 Å². The van der Waals surface area contributed by atoms with Crippen LogP contribution < -0.4 is 0 Å². The fourth-order valence-electron chi connectivity index (χ4n) is 10.3. The second kappa shape index (κ2) is 11.3. The molecule has 2 saturated carbocycles. The van der Waals surface area contributed by atoms with Crippen molar-refractivity contribution in [2.45, 2.75) is 136 Å². The van der Waals surface area contributed by atoms with Crippen LogP contribution in [-0.2, 0) is 19.1 Å². The van der Waals surface area contributed by atoms with Crippen LogP contribution in [0.1, 0.15) is 106 Å². The van der Waals surface area contributed by atoms with E-state index in [9.17, 15) is 30.0 Å². The van der Waals surface area contributed by atoms with Crippen LogP contribution in [0.25, 0.3) is 0 Å². The summed E-state index contributed by atoms with van der Waals surface area (Å²) in [4.78, 5) is 26.9. The summed E-state index contributed by atoms with van der Waals surface area (Å²) in [7, 11) is 0. The van der Waals surface area contributed by atoms with Gasteiger partial charge in [-0.25, -0.2) is 0 Å². The molecule has 0 aromatic carbocycles. The van der Waals surface area contributed by atoms with Gasteiger partial charge in [0.2, 0.25) is 6.29 Å². The molecule has 3 fully saturated rings. The summed E-state index contributed by atoms with van der Waals surface area (Å²) in [5, 5.41) is 41.1. The van der Waals surface area contributed by atoms with Crippen molar-refractivity contribution in [2.75, 3.05) is 6.61 Å². The minimum atomic E-state index is -1.55. The van der Waals surface area contributed by atoms with Gasteiger partial charge in [-0.15, -0.1) is 0 Å². The summed E-state index contributed by atoms with van der Waals surface area (Å²) in [6.45, 7) is 16.8. The van der Waals surface area contributed by atoms with Crippen LogP contribution in [-0.4, -0.2) is 69.5 Å². The molecule has 0 aromatic heterocycles. The highest BCUT2D eigenvalue weighted by atomic mass is 16.7. The number of Topliss-reactive ketones (excluding diaryl/α,β-unsaturated/α-hetero) is 1.